The molecule has 0 aliphatic carbocycles. The Balaban J connectivity index is 1.90. The van der Waals surface area contributed by atoms with Crippen molar-refractivity contribution in [3.8, 4) is 11.5 Å². The second-order valence-corrected chi connectivity index (χ2v) is 5.58. The molecule has 2 rings (SSSR count). The predicted octanol–water partition coefficient (Wildman–Crippen LogP) is 2.89. The highest BCUT2D eigenvalue weighted by Crippen LogP contribution is 2.27. The topological polar surface area (TPSA) is 72.5 Å². The minimum Gasteiger partial charge on any atom is -0.493 e. The number of benzene rings is 1. The normalized spacial score (nSPS) is 10.2. The lowest BCUT2D eigenvalue weighted by atomic mass is 10.1. The minimum atomic E-state index is -0.131. The van der Waals surface area contributed by atoms with E-state index in [0.717, 1.165) is 24.2 Å². The number of hydrogen-bond donors (Lipinski definition) is 2. The zero-order valence-electron chi connectivity index (χ0n) is 15.0. The molecule has 0 saturated carbocycles. The average molecular weight is 343 g/mol. The molecule has 0 aliphatic rings. The van der Waals surface area contributed by atoms with Crippen LogP contribution in [-0.4, -0.2) is 38.2 Å². The van der Waals surface area contributed by atoms with Crippen LogP contribution >= 0.6 is 0 Å². The highest BCUT2D eigenvalue weighted by Gasteiger charge is 2.08. The third kappa shape index (κ3) is 5.38. The summed E-state index contributed by atoms with van der Waals surface area (Å²) in [5, 5.41) is 6.14. The molecule has 134 valence electrons. The number of pyridine rings is 1. The number of aromatic nitrogens is 1. The Bertz CT molecular complexity index is 704. The largest absolute Gasteiger partial charge is 0.493 e. The number of carbonyl (C=O) groups excluding carboxylic acids is 1. The number of carbonyl (C=O) groups is 1. The van der Waals surface area contributed by atoms with Crippen molar-refractivity contribution in [1.29, 1.82) is 0 Å². The molecule has 1 heterocycles. The first-order chi connectivity index (χ1) is 12.2. The Hall–Kier alpha value is -2.76. The van der Waals surface area contributed by atoms with Gasteiger partial charge in [0.1, 0.15) is 0 Å². The zero-order valence-corrected chi connectivity index (χ0v) is 15.0. The molecule has 0 saturated heterocycles. The lowest BCUT2D eigenvalue weighted by molar-refractivity contribution is 0.0954. The molecule has 0 radical (unpaired) electrons. The number of hydrogen-bond acceptors (Lipinski definition) is 5. The quantitative estimate of drug-likeness (QED) is 0.732. The molecule has 0 bridgehead atoms. The fraction of sp³-hybridized carbons (Fsp3) is 0.368. The molecule has 2 aromatic rings. The third-order valence-corrected chi connectivity index (χ3v) is 3.73. The van der Waals surface area contributed by atoms with E-state index < -0.39 is 0 Å². The summed E-state index contributed by atoms with van der Waals surface area (Å²) < 4.78 is 10.5. The van der Waals surface area contributed by atoms with E-state index in [0.29, 0.717) is 30.0 Å². The van der Waals surface area contributed by atoms with Crippen molar-refractivity contribution in [2.45, 2.75) is 19.8 Å². The maximum Gasteiger partial charge on any atom is 0.252 e. The van der Waals surface area contributed by atoms with Crippen LogP contribution in [0.5, 0.6) is 11.5 Å². The maximum atomic E-state index is 12.3. The van der Waals surface area contributed by atoms with Gasteiger partial charge < -0.3 is 20.1 Å². The van der Waals surface area contributed by atoms with Gasteiger partial charge in [0.2, 0.25) is 0 Å². The van der Waals surface area contributed by atoms with E-state index in [-0.39, 0.29) is 5.91 Å². The first kappa shape index (κ1) is 18.6. The highest BCUT2D eigenvalue weighted by molar-refractivity contribution is 5.94. The summed E-state index contributed by atoms with van der Waals surface area (Å²) >= 11 is 0. The van der Waals surface area contributed by atoms with E-state index in [9.17, 15) is 4.79 Å². The van der Waals surface area contributed by atoms with Gasteiger partial charge in [0.15, 0.2) is 11.5 Å². The lowest BCUT2D eigenvalue weighted by Crippen LogP contribution is -2.26. The Morgan fingerprint density at radius 3 is 2.60 bits per heavy atom. The van der Waals surface area contributed by atoms with Crippen LogP contribution in [0.25, 0.3) is 0 Å². The molecule has 0 spiro atoms. The van der Waals surface area contributed by atoms with E-state index in [1.165, 1.54) is 0 Å². The SMILES string of the molecule is CCCNc1cncc(C(=O)NCCc2ccc(OC)c(OC)c2)c1. The summed E-state index contributed by atoms with van der Waals surface area (Å²) in [6, 6.07) is 7.56. The van der Waals surface area contributed by atoms with Crippen LogP contribution in [0.3, 0.4) is 0 Å². The average Bonchev–Trinajstić information content (AvgIpc) is 2.66. The first-order valence-corrected chi connectivity index (χ1v) is 8.36. The van der Waals surface area contributed by atoms with Crippen LogP contribution < -0.4 is 20.1 Å². The van der Waals surface area contributed by atoms with Gasteiger partial charge in [-0.1, -0.05) is 13.0 Å². The number of ether oxygens (including phenoxy) is 2. The number of methoxy groups -OCH3 is 2. The molecule has 1 amide bonds. The second-order valence-electron chi connectivity index (χ2n) is 5.58. The van der Waals surface area contributed by atoms with E-state index >= 15 is 0 Å². The van der Waals surface area contributed by atoms with E-state index in [2.05, 4.69) is 22.5 Å². The Kier molecular flexibility index (Phi) is 7.07. The van der Waals surface area contributed by atoms with E-state index in [1.807, 2.05) is 24.3 Å². The number of rotatable bonds is 9. The molecule has 1 aromatic heterocycles. The first-order valence-electron chi connectivity index (χ1n) is 8.36. The van der Waals surface area contributed by atoms with Gasteiger partial charge in [0.05, 0.1) is 25.5 Å². The van der Waals surface area contributed by atoms with Gasteiger partial charge in [-0.3, -0.25) is 9.78 Å². The number of anilines is 1. The molecule has 6 heteroatoms. The summed E-state index contributed by atoms with van der Waals surface area (Å²) in [4.78, 5) is 16.4. The summed E-state index contributed by atoms with van der Waals surface area (Å²) in [6.45, 7) is 3.47. The third-order valence-electron chi connectivity index (χ3n) is 3.73. The van der Waals surface area contributed by atoms with Crippen LogP contribution in [-0.2, 0) is 6.42 Å². The molecule has 25 heavy (non-hydrogen) atoms. The molecule has 0 fully saturated rings. The van der Waals surface area contributed by atoms with Gasteiger partial charge in [-0.05, 0) is 36.6 Å². The highest BCUT2D eigenvalue weighted by atomic mass is 16.5. The number of nitrogens with one attached hydrogen (secondary N) is 2. The predicted molar refractivity (Wildman–Crippen MR) is 98.6 cm³/mol. The van der Waals surface area contributed by atoms with Crippen LogP contribution in [0.15, 0.2) is 36.7 Å². The Morgan fingerprint density at radius 2 is 1.88 bits per heavy atom. The molecule has 0 unspecified atom stereocenters. The summed E-state index contributed by atoms with van der Waals surface area (Å²) in [5.74, 6) is 1.25. The summed E-state index contributed by atoms with van der Waals surface area (Å²) in [6.07, 6.45) is 5.01. The monoisotopic (exact) mass is 343 g/mol. The van der Waals surface area contributed by atoms with Gasteiger partial charge >= 0.3 is 0 Å². The molecule has 2 N–H and O–H groups in total. The van der Waals surface area contributed by atoms with E-state index in [4.69, 9.17) is 9.47 Å². The lowest BCUT2D eigenvalue weighted by Gasteiger charge is -2.10. The van der Waals surface area contributed by atoms with Crippen molar-refractivity contribution in [1.82, 2.24) is 10.3 Å². The summed E-state index contributed by atoms with van der Waals surface area (Å²) in [5.41, 5.74) is 2.47. The van der Waals surface area contributed by atoms with Crippen LogP contribution in [0.1, 0.15) is 29.3 Å². The van der Waals surface area contributed by atoms with Crippen LogP contribution in [0, 0.1) is 0 Å². The minimum absolute atomic E-state index is 0.131. The number of amides is 1. The molecular formula is C19H25N3O3. The van der Waals surface area contributed by atoms with Crippen molar-refractivity contribution in [2.75, 3.05) is 32.6 Å². The van der Waals surface area contributed by atoms with Gasteiger partial charge in [0, 0.05) is 25.5 Å². The van der Waals surface area contributed by atoms with Crippen molar-refractivity contribution in [3.05, 3.63) is 47.8 Å². The number of nitrogens with zero attached hydrogens (tertiary/aromatic N) is 1. The Labute approximate surface area is 148 Å². The fourth-order valence-electron chi connectivity index (χ4n) is 2.39. The molecule has 6 nitrogen and oxygen atoms in total. The molecule has 0 atom stereocenters. The van der Waals surface area contributed by atoms with Crippen molar-refractivity contribution in [2.24, 2.45) is 0 Å². The molecule has 1 aromatic carbocycles. The van der Waals surface area contributed by atoms with Gasteiger partial charge in [0.25, 0.3) is 5.91 Å². The van der Waals surface area contributed by atoms with E-state index in [1.54, 1.807) is 26.6 Å². The zero-order chi connectivity index (χ0) is 18.1. The Morgan fingerprint density at radius 1 is 1.08 bits per heavy atom. The molecular weight excluding hydrogens is 318 g/mol. The van der Waals surface area contributed by atoms with Gasteiger partial charge in [-0.15, -0.1) is 0 Å². The van der Waals surface area contributed by atoms with Gasteiger partial charge in [-0.2, -0.15) is 0 Å². The van der Waals surface area contributed by atoms with Gasteiger partial charge in [-0.25, -0.2) is 0 Å². The maximum absolute atomic E-state index is 12.3. The smallest absolute Gasteiger partial charge is 0.252 e. The fourth-order valence-corrected chi connectivity index (χ4v) is 2.39. The van der Waals surface area contributed by atoms with Crippen molar-refractivity contribution < 1.29 is 14.3 Å². The molecule has 0 aliphatic heterocycles. The summed E-state index contributed by atoms with van der Waals surface area (Å²) in [7, 11) is 3.21. The standard InChI is InChI=1S/C19H25N3O3/c1-4-8-21-16-11-15(12-20-13-16)19(23)22-9-7-14-5-6-17(24-2)18(10-14)25-3/h5-6,10-13,21H,4,7-9H2,1-3H3,(H,22,23). The second kappa shape index (κ2) is 9.52. The van der Waals surface area contributed by atoms with Crippen LogP contribution in [0.4, 0.5) is 5.69 Å². The van der Waals surface area contributed by atoms with Crippen molar-refractivity contribution >= 4 is 11.6 Å². The van der Waals surface area contributed by atoms with Crippen LogP contribution in [0.2, 0.25) is 0 Å². The van der Waals surface area contributed by atoms with Crippen molar-refractivity contribution in [3.63, 3.8) is 0 Å².